The summed E-state index contributed by atoms with van der Waals surface area (Å²) in [5, 5.41) is 3.96. The summed E-state index contributed by atoms with van der Waals surface area (Å²) in [6.45, 7) is 1.78. The molecule has 0 bridgehead atoms. The molecule has 0 aliphatic carbocycles. The smallest absolute Gasteiger partial charge is 0.246 e. The first kappa shape index (κ1) is 15.5. The number of hydrogen-bond donors (Lipinski definition) is 0. The molecule has 8 heteroatoms. The van der Waals surface area contributed by atoms with Gasteiger partial charge in [0.15, 0.2) is 0 Å². The van der Waals surface area contributed by atoms with Crippen molar-refractivity contribution in [3.8, 4) is 0 Å². The van der Waals surface area contributed by atoms with Crippen molar-refractivity contribution in [3.63, 3.8) is 0 Å². The molecule has 1 amide bonds. The highest BCUT2D eigenvalue weighted by molar-refractivity contribution is 7.89. The van der Waals surface area contributed by atoms with E-state index in [1.54, 1.807) is 11.4 Å². The van der Waals surface area contributed by atoms with Gasteiger partial charge in [0.1, 0.15) is 4.90 Å². The van der Waals surface area contributed by atoms with Crippen molar-refractivity contribution in [1.82, 2.24) is 19.0 Å². The first-order valence-corrected chi connectivity index (χ1v) is 9.21. The van der Waals surface area contributed by atoms with Gasteiger partial charge in [-0.2, -0.15) is 9.40 Å². The van der Waals surface area contributed by atoms with E-state index in [9.17, 15) is 13.2 Å². The van der Waals surface area contributed by atoms with Gasteiger partial charge in [0.05, 0.1) is 6.20 Å². The zero-order valence-corrected chi connectivity index (χ0v) is 13.6. The van der Waals surface area contributed by atoms with Gasteiger partial charge in [-0.05, 0) is 19.3 Å². The van der Waals surface area contributed by atoms with E-state index in [1.165, 1.54) is 17.1 Å². The predicted octanol–water partition coefficient (Wildman–Crippen LogP) is 0.586. The van der Waals surface area contributed by atoms with Gasteiger partial charge in [-0.1, -0.05) is 6.42 Å². The molecule has 0 aromatic carbocycles. The van der Waals surface area contributed by atoms with E-state index >= 15 is 0 Å². The number of amides is 1. The molecule has 2 saturated heterocycles. The third kappa shape index (κ3) is 2.89. The molecule has 0 unspecified atom stereocenters. The standard InChI is InChI=1S/C14H22N4O3S/c1-16-11-13(9-15-16)22(20,21)18-8-3-2-5-12(18)10-17-7-4-6-14(17)19/h9,11-12H,2-8,10H2,1H3/t12-/m0/s1. The van der Waals surface area contributed by atoms with Crippen LogP contribution in [0.2, 0.25) is 0 Å². The van der Waals surface area contributed by atoms with Crippen LogP contribution in [0.3, 0.4) is 0 Å². The third-order valence-corrected chi connectivity index (χ3v) is 6.37. The Morgan fingerprint density at radius 3 is 2.73 bits per heavy atom. The average molecular weight is 326 g/mol. The van der Waals surface area contributed by atoms with Gasteiger partial charge in [0.25, 0.3) is 0 Å². The molecule has 1 aromatic rings. The summed E-state index contributed by atoms with van der Waals surface area (Å²) in [5.41, 5.74) is 0. The van der Waals surface area contributed by atoms with Crippen molar-refractivity contribution in [2.45, 2.75) is 43.0 Å². The molecular formula is C14H22N4O3S. The van der Waals surface area contributed by atoms with Gasteiger partial charge in [-0.25, -0.2) is 8.42 Å². The summed E-state index contributed by atoms with van der Waals surface area (Å²) in [4.78, 5) is 13.9. The third-order valence-electron chi connectivity index (χ3n) is 4.46. The molecule has 1 atom stereocenters. The minimum absolute atomic E-state index is 0.124. The second-order valence-corrected chi connectivity index (χ2v) is 7.95. The lowest BCUT2D eigenvalue weighted by molar-refractivity contribution is -0.128. The Morgan fingerprint density at radius 1 is 1.27 bits per heavy atom. The Morgan fingerprint density at radius 2 is 2.09 bits per heavy atom. The fourth-order valence-corrected chi connectivity index (χ4v) is 4.96. The number of likely N-dealkylation sites (tertiary alicyclic amines) is 1. The van der Waals surface area contributed by atoms with Crippen LogP contribution in [0.1, 0.15) is 32.1 Å². The molecule has 122 valence electrons. The second-order valence-electron chi connectivity index (χ2n) is 6.06. The number of sulfonamides is 1. The van der Waals surface area contributed by atoms with Crippen molar-refractivity contribution in [3.05, 3.63) is 12.4 Å². The van der Waals surface area contributed by atoms with Gasteiger partial charge >= 0.3 is 0 Å². The topological polar surface area (TPSA) is 75.5 Å². The van der Waals surface area contributed by atoms with Crippen molar-refractivity contribution in [2.75, 3.05) is 19.6 Å². The summed E-state index contributed by atoms with van der Waals surface area (Å²) in [7, 11) is -1.83. The predicted molar refractivity (Wildman–Crippen MR) is 80.6 cm³/mol. The molecule has 3 rings (SSSR count). The summed E-state index contributed by atoms with van der Waals surface area (Å²) < 4.78 is 28.7. The molecule has 2 aliphatic heterocycles. The van der Waals surface area contributed by atoms with Crippen LogP contribution in [-0.4, -0.2) is 59.0 Å². The quantitative estimate of drug-likeness (QED) is 0.811. The fourth-order valence-electron chi connectivity index (χ4n) is 3.29. The van der Waals surface area contributed by atoms with Gasteiger partial charge in [-0.3, -0.25) is 9.48 Å². The lowest BCUT2D eigenvalue weighted by Crippen LogP contribution is -2.49. The molecular weight excluding hydrogens is 304 g/mol. The first-order valence-electron chi connectivity index (χ1n) is 7.77. The lowest BCUT2D eigenvalue weighted by atomic mass is 10.0. The van der Waals surface area contributed by atoms with Crippen molar-refractivity contribution in [1.29, 1.82) is 0 Å². The van der Waals surface area contributed by atoms with E-state index in [4.69, 9.17) is 0 Å². The maximum Gasteiger partial charge on any atom is 0.246 e. The van der Waals surface area contributed by atoms with Crippen molar-refractivity contribution < 1.29 is 13.2 Å². The molecule has 2 aliphatic rings. The Hall–Kier alpha value is -1.41. The summed E-state index contributed by atoms with van der Waals surface area (Å²) >= 11 is 0. The number of carbonyl (C=O) groups excluding carboxylic acids is 1. The summed E-state index contributed by atoms with van der Waals surface area (Å²) in [6, 6.07) is -0.124. The number of rotatable bonds is 4. The van der Waals surface area contributed by atoms with E-state index in [-0.39, 0.29) is 16.8 Å². The molecule has 22 heavy (non-hydrogen) atoms. The molecule has 0 spiro atoms. The maximum atomic E-state index is 12.8. The van der Waals surface area contributed by atoms with Crippen LogP contribution in [0.5, 0.6) is 0 Å². The Kier molecular flexibility index (Phi) is 4.22. The molecule has 7 nitrogen and oxygen atoms in total. The molecule has 0 radical (unpaired) electrons. The Balaban J connectivity index is 1.81. The molecule has 3 heterocycles. The SMILES string of the molecule is Cn1cc(S(=O)(=O)N2CCCC[C@H]2CN2CCCC2=O)cn1. The van der Waals surface area contributed by atoms with Crippen LogP contribution in [0, 0.1) is 0 Å². The fraction of sp³-hybridized carbons (Fsp3) is 0.714. The van der Waals surface area contributed by atoms with E-state index in [0.717, 1.165) is 32.2 Å². The number of carbonyl (C=O) groups is 1. The van der Waals surface area contributed by atoms with E-state index in [0.29, 0.717) is 19.5 Å². The molecule has 2 fully saturated rings. The van der Waals surface area contributed by atoms with Crippen LogP contribution >= 0.6 is 0 Å². The van der Waals surface area contributed by atoms with Crippen LogP contribution < -0.4 is 0 Å². The lowest BCUT2D eigenvalue weighted by Gasteiger charge is -2.36. The molecule has 0 N–H and O–H groups in total. The Labute approximate surface area is 130 Å². The number of aromatic nitrogens is 2. The highest BCUT2D eigenvalue weighted by Crippen LogP contribution is 2.26. The van der Waals surface area contributed by atoms with Crippen LogP contribution in [0.15, 0.2) is 17.3 Å². The normalized spacial score (nSPS) is 24.1. The highest BCUT2D eigenvalue weighted by Gasteiger charge is 2.36. The van der Waals surface area contributed by atoms with Gasteiger partial charge in [-0.15, -0.1) is 0 Å². The molecule has 1 aromatic heterocycles. The number of aryl methyl sites for hydroxylation is 1. The average Bonchev–Trinajstić information content (AvgIpc) is 3.09. The zero-order chi connectivity index (χ0) is 15.7. The first-order chi connectivity index (χ1) is 10.5. The van der Waals surface area contributed by atoms with E-state index < -0.39 is 10.0 Å². The van der Waals surface area contributed by atoms with E-state index in [1.807, 2.05) is 4.90 Å². The van der Waals surface area contributed by atoms with Crippen molar-refractivity contribution in [2.24, 2.45) is 7.05 Å². The van der Waals surface area contributed by atoms with Crippen LogP contribution in [-0.2, 0) is 21.9 Å². The second kappa shape index (κ2) is 6.00. The monoisotopic (exact) mass is 326 g/mol. The van der Waals surface area contributed by atoms with Gasteiger partial charge in [0, 0.05) is 45.3 Å². The maximum absolute atomic E-state index is 12.8. The number of hydrogen-bond acceptors (Lipinski definition) is 4. The van der Waals surface area contributed by atoms with Crippen LogP contribution in [0.25, 0.3) is 0 Å². The Bertz CT molecular complexity index is 655. The largest absolute Gasteiger partial charge is 0.341 e. The van der Waals surface area contributed by atoms with Gasteiger partial charge in [0.2, 0.25) is 15.9 Å². The summed E-state index contributed by atoms with van der Waals surface area (Å²) in [5.74, 6) is 0.143. The highest BCUT2D eigenvalue weighted by atomic mass is 32.2. The molecule has 0 saturated carbocycles. The van der Waals surface area contributed by atoms with E-state index in [2.05, 4.69) is 5.10 Å². The number of piperidine rings is 1. The minimum atomic E-state index is -3.54. The van der Waals surface area contributed by atoms with Crippen molar-refractivity contribution >= 4 is 15.9 Å². The minimum Gasteiger partial charge on any atom is -0.341 e. The number of nitrogens with zero attached hydrogens (tertiary/aromatic N) is 4. The van der Waals surface area contributed by atoms with Crippen LogP contribution in [0.4, 0.5) is 0 Å². The van der Waals surface area contributed by atoms with Gasteiger partial charge < -0.3 is 4.90 Å². The zero-order valence-electron chi connectivity index (χ0n) is 12.8. The summed E-state index contributed by atoms with van der Waals surface area (Å²) in [6.07, 6.45) is 7.06.